The summed E-state index contributed by atoms with van der Waals surface area (Å²) in [6, 6.07) is 0. The van der Waals surface area contributed by atoms with Crippen LogP contribution < -0.4 is 0 Å². The fraction of sp³-hybridized carbons (Fsp3) is 0.625. The molecule has 0 aliphatic heterocycles. The highest BCUT2D eigenvalue weighted by Crippen LogP contribution is 2.20. The van der Waals surface area contributed by atoms with Gasteiger partial charge >= 0.3 is 11.9 Å². The van der Waals surface area contributed by atoms with E-state index in [1.165, 1.54) is 12.2 Å². The van der Waals surface area contributed by atoms with Crippen LogP contribution in [0.15, 0.2) is 24.4 Å². The number of aliphatic hydroxyl groups excluding tert-OH is 1. The molecule has 0 amide bonds. The second-order valence-electron chi connectivity index (χ2n) is 4.71. The molecule has 0 aliphatic rings. The molecule has 0 rings (SSSR count). The van der Waals surface area contributed by atoms with Gasteiger partial charge in [0.15, 0.2) is 0 Å². The first-order valence-electron chi connectivity index (χ1n) is 7.80. The van der Waals surface area contributed by atoms with Gasteiger partial charge in [0, 0.05) is 50.1 Å². The summed E-state index contributed by atoms with van der Waals surface area (Å²) in [5.41, 5.74) is 0. The lowest BCUT2D eigenvalue weighted by atomic mass is 10.3. The highest BCUT2D eigenvalue weighted by Gasteiger charge is 2.00. The van der Waals surface area contributed by atoms with Gasteiger partial charge in [0.1, 0.15) is 13.2 Å². The average Bonchev–Trinajstić information content (AvgIpc) is 2.56. The Balaban J connectivity index is 3.50. The normalized spacial score (nSPS) is 11.1. The summed E-state index contributed by atoms with van der Waals surface area (Å²) in [4.78, 5) is 24.4. The Morgan fingerprint density at radius 2 is 1.62 bits per heavy atom. The number of nitrogens with zero attached hydrogens (tertiary/aromatic N) is 1. The number of unbranched alkanes of at least 4 members (excludes halogenated alkanes) is 1. The fourth-order valence-corrected chi connectivity index (χ4v) is 3.09. The van der Waals surface area contributed by atoms with Crippen molar-refractivity contribution < 1.29 is 24.2 Å². The molecule has 0 radical (unpaired) electrons. The van der Waals surface area contributed by atoms with Gasteiger partial charge in [0.25, 0.3) is 0 Å². The molecule has 0 aromatic carbocycles. The smallest absolute Gasteiger partial charge is 0.332 e. The molecule has 8 heteroatoms. The van der Waals surface area contributed by atoms with Gasteiger partial charge in [-0.2, -0.15) is 0 Å². The maximum atomic E-state index is 11.5. The molecular formula is C16H27NO5S2. The van der Waals surface area contributed by atoms with Crippen LogP contribution in [0.2, 0.25) is 0 Å². The van der Waals surface area contributed by atoms with Gasteiger partial charge < -0.3 is 19.5 Å². The molecule has 0 saturated carbocycles. The highest BCUT2D eigenvalue weighted by molar-refractivity contribution is 8.76. The van der Waals surface area contributed by atoms with Crippen LogP contribution in [0.25, 0.3) is 0 Å². The number of hydrogen-bond donors (Lipinski definition) is 1. The fourth-order valence-electron chi connectivity index (χ4n) is 1.44. The van der Waals surface area contributed by atoms with Gasteiger partial charge in [-0.05, 0) is 19.8 Å². The summed E-state index contributed by atoms with van der Waals surface area (Å²) in [5.74, 6) is 0.680. The van der Waals surface area contributed by atoms with E-state index < -0.39 is 0 Å². The van der Waals surface area contributed by atoms with E-state index in [1.807, 2.05) is 11.9 Å². The highest BCUT2D eigenvalue weighted by atomic mass is 33.1. The SMILES string of the molecule is C/C=C/C(=O)OCCSSCCOC(=O)/C=C/N(C)CCCCO. The predicted molar refractivity (Wildman–Crippen MR) is 99.7 cm³/mol. The summed E-state index contributed by atoms with van der Waals surface area (Å²) in [5, 5.41) is 8.69. The Hall–Kier alpha value is -1.12. The largest absolute Gasteiger partial charge is 0.462 e. The zero-order valence-electron chi connectivity index (χ0n) is 14.3. The number of aliphatic hydroxyl groups is 1. The van der Waals surface area contributed by atoms with E-state index in [1.54, 1.807) is 40.8 Å². The van der Waals surface area contributed by atoms with Crippen LogP contribution in [0.1, 0.15) is 19.8 Å². The van der Waals surface area contributed by atoms with Crippen molar-refractivity contribution >= 4 is 33.5 Å². The molecule has 0 atom stereocenters. The number of ether oxygens (including phenoxy) is 2. The Morgan fingerprint density at radius 1 is 1.04 bits per heavy atom. The van der Waals surface area contributed by atoms with E-state index in [0.717, 1.165) is 19.4 Å². The zero-order valence-corrected chi connectivity index (χ0v) is 15.9. The van der Waals surface area contributed by atoms with Crippen LogP contribution in [0.3, 0.4) is 0 Å². The number of rotatable bonds is 14. The second-order valence-corrected chi connectivity index (χ2v) is 7.41. The molecule has 0 heterocycles. The van der Waals surface area contributed by atoms with Crippen molar-refractivity contribution in [1.29, 1.82) is 0 Å². The van der Waals surface area contributed by atoms with Gasteiger partial charge in [0.05, 0.1) is 0 Å². The minimum atomic E-state index is -0.366. The van der Waals surface area contributed by atoms with Crippen LogP contribution in [0.5, 0.6) is 0 Å². The Labute approximate surface area is 152 Å². The number of allylic oxidation sites excluding steroid dienone is 1. The molecule has 0 aliphatic carbocycles. The van der Waals surface area contributed by atoms with Crippen LogP contribution in [0.4, 0.5) is 0 Å². The van der Waals surface area contributed by atoms with Crippen molar-refractivity contribution in [2.24, 2.45) is 0 Å². The van der Waals surface area contributed by atoms with Gasteiger partial charge in [0.2, 0.25) is 0 Å². The van der Waals surface area contributed by atoms with Crippen LogP contribution in [-0.4, -0.2) is 66.9 Å². The van der Waals surface area contributed by atoms with E-state index in [2.05, 4.69) is 0 Å². The third-order valence-corrected chi connectivity index (χ3v) is 4.93. The minimum absolute atomic E-state index is 0.188. The van der Waals surface area contributed by atoms with E-state index in [4.69, 9.17) is 14.6 Å². The molecule has 0 saturated heterocycles. The zero-order chi connectivity index (χ0) is 18.0. The molecule has 0 unspecified atom stereocenters. The number of hydrogen-bond acceptors (Lipinski definition) is 8. The minimum Gasteiger partial charge on any atom is -0.462 e. The number of esters is 2. The molecule has 6 nitrogen and oxygen atoms in total. The Morgan fingerprint density at radius 3 is 2.17 bits per heavy atom. The van der Waals surface area contributed by atoms with E-state index >= 15 is 0 Å². The summed E-state index contributed by atoms with van der Waals surface area (Å²) in [6.45, 7) is 3.44. The van der Waals surface area contributed by atoms with Crippen molar-refractivity contribution in [1.82, 2.24) is 4.90 Å². The Kier molecular flexibility index (Phi) is 15.9. The summed E-state index contributed by atoms with van der Waals surface area (Å²) < 4.78 is 10.0. The molecule has 1 N–H and O–H groups in total. The molecule has 0 aromatic heterocycles. The van der Waals surface area contributed by atoms with Crippen molar-refractivity contribution in [3.05, 3.63) is 24.4 Å². The molecule has 0 bridgehead atoms. The lowest BCUT2D eigenvalue weighted by Gasteiger charge is -2.12. The van der Waals surface area contributed by atoms with Crippen molar-refractivity contribution in [2.75, 3.05) is 44.9 Å². The average molecular weight is 378 g/mol. The Bertz CT molecular complexity index is 402. The standard InChI is InChI=1S/C16H27NO5S2/c1-3-6-15(19)21-11-13-23-24-14-12-22-16(20)7-9-17(2)8-4-5-10-18/h3,6-7,9,18H,4-5,8,10-14H2,1-2H3/b6-3+,9-7+. The first-order valence-corrected chi connectivity index (χ1v) is 10.3. The number of carbonyl (C=O) groups excluding carboxylic acids is 2. The monoisotopic (exact) mass is 377 g/mol. The van der Waals surface area contributed by atoms with E-state index in [9.17, 15) is 9.59 Å². The maximum Gasteiger partial charge on any atom is 0.332 e. The van der Waals surface area contributed by atoms with Gasteiger partial charge in [-0.25, -0.2) is 9.59 Å². The van der Waals surface area contributed by atoms with Crippen LogP contribution >= 0.6 is 21.6 Å². The second kappa shape index (κ2) is 16.7. The lowest BCUT2D eigenvalue weighted by Crippen LogP contribution is -2.14. The predicted octanol–water partition coefficient (Wildman–Crippen LogP) is 2.25. The molecular weight excluding hydrogens is 350 g/mol. The van der Waals surface area contributed by atoms with Crippen molar-refractivity contribution in [3.8, 4) is 0 Å². The number of carbonyl (C=O) groups is 2. The molecule has 24 heavy (non-hydrogen) atoms. The van der Waals surface area contributed by atoms with Crippen LogP contribution in [0, 0.1) is 0 Å². The van der Waals surface area contributed by atoms with Crippen LogP contribution in [-0.2, 0) is 19.1 Å². The molecule has 0 aromatic rings. The van der Waals surface area contributed by atoms with Gasteiger partial charge in [-0.15, -0.1) is 0 Å². The van der Waals surface area contributed by atoms with Crippen molar-refractivity contribution in [2.45, 2.75) is 19.8 Å². The third kappa shape index (κ3) is 15.8. The molecule has 0 spiro atoms. The topological polar surface area (TPSA) is 76.1 Å². The van der Waals surface area contributed by atoms with E-state index in [0.29, 0.717) is 24.7 Å². The van der Waals surface area contributed by atoms with Gasteiger partial charge in [-0.3, -0.25) is 0 Å². The lowest BCUT2D eigenvalue weighted by molar-refractivity contribution is -0.138. The molecule has 0 fully saturated rings. The summed E-state index contributed by atoms with van der Waals surface area (Å²) in [6.07, 6.45) is 7.74. The van der Waals surface area contributed by atoms with E-state index in [-0.39, 0.29) is 18.5 Å². The summed E-state index contributed by atoms with van der Waals surface area (Å²) in [7, 11) is 5.01. The van der Waals surface area contributed by atoms with Gasteiger partial charge in [-0.1, -0.05) is 27.7 Å². The third-order valence-electron chi connectivity index (χ3n) is 2.59. The first kappa shape index (κ1) is 22.9. The maximum absolute atomic E-state index is 11.5. The molecule has 138 valence electrons. The quantitative estimate of drug-likeness (QED) is 0.214. The first-order chi connectivity index (χ1) is 11.6. The van der Waals surface area contributed by atoms with Crippen molar-refractivity contribution in [3.63, 3.8) is 0 Å². The summed E-state index contributed by atoms with van der Waals surface area (Å²) >= 11 is 0.